The Morgan fingerprint density at radius 1 is 1.31 bits per heavy atom. The van der Waals surface area contributed by atoms with E-state index in [1.54, 1.807) is 0 Å². The highest BCUT2D eigenvalue weighted by Gasteiger charge is 2.60. The fourth-order valence-electron chi connectivity index (χ4n) is 0.514. The number of halogens is 6. The minimum absolute atomic E-state index is 0.675. The van der Waals surface area contributed by atoms with Crippen LogP contribution in [0.4, 0.5) is 22.0 Å². The maximum atomic E-state index is 12.2. The zero-order chi connectivity index (χ0) is 13.1. The van der Waals surface area contributed by atoms with E-state index < -0.39 is 29.6 Å². The largest absolute Gasteiger partial charge is 0.483 e. The molecule has 0 aliphatic carbocycles. The number of carbonyl (C=O) groups is 1. The van der Waals surface area contributed by atoms with Gasteiger partial charge in [-0.15, -0.1) is 0 Å². The first-order valence-corrected chi connectivity index (χ1v) is 4.03. The van der Waals surface area contributed by atoms with Gasteiger partial charge in [-0.05, 0) is 6.92 Å². The highest BCUT2D eigenvalue weighted by atomic mass is 35.5. The van der Waals surface area contributed by atoms with E-state index in [1.165, 1.54) is 0 Å². The van der Waals surface area contributed by atoms with Gasteiger partial charge in [-0.3, -0.25) is 4.74 Å². The fourth-order valence-corrected chi connectivity index (χ4v) is 0.559. The van der Waals surface area contributed by atoms with Crippen LogP contribution in [0.25, 0.3) is 0 Å². The van der Waals surface area contributed by atoms with E-state index in [2.05, 4.69) is 16.1 Å². The Kier molecular flexibility index (Phi) is 4.68. The average molecular weight is 269 g/mol. The van der Waals surface area contributed by atoms with Crippen LogP contribution in [0.2, 0.25) is 0 Å². The maximum Gasteiger partial charge on any atom is 0.483 e. The minimum Gasteiger partial charge on any atom is -0.432 e. The molecule has 1 unspecified atom stereocenters. The number of hydrogen-bond acceptors (Lipinski definition) is 3. The van der Waals surface area contributed by atoms with Gasteiger partial charge in [0, 0.05) is 0 Å². The first-order valence-electron chi connectivity index (χ1n) is 3.65. The highest BCUT2D eigenvalue weighted by Crippen LogP contribution is 2.37. The van der Waals surface area contributed by atoms with Crippen LogP contribution in [-0.4, -0.2) is 24.5 Å². The lowest BCUT2D eigenvalue weighted by atomic mass is 10.6. The molecule has 0 heterocycles. The van der Waals surface area contributed by atoms with Crippen LogP contribution in [0.15, 0.2) is 11.6 Å². The molecular weight excluding hydrogens is 263 g/mol. The summed E-state index contributed by atoms with van der Waals surface area (Å²) in [6, 6.07) is 0. The van der Waals surface area contributed by atoms with Gasteiger partial charge in [-0.2, -0.15) is 22.0 Å². The molecule has 0 saturated carbocycles. The molecule has 0 aromatic heterocycles. The van der Waals surface area contributed by atoms with Gasteiger partial charge in [0.25, 0.3) is 0 Å². The van der Waals surface area contributed by atoms with Gasteiger partial charge in [0.1, 0.15) is 5.03 Å². The Bertz CT molecular complexity index is 288. The molecule has 0 amide bonds. The average Bonchev–Trinajstić information content (AvgIpc) is 1.99. The molecule has 16 heavy (non-hydrogen) atoms. The van der Waals surface area contributed by atoms with E-state index in [1.807, 2.05) is 0 Å². The summed E-state index contributed by atoms with van der Waals surface area (Å²) >= 11 is 5.00. The topological polar surface area (TPSA) is 35.5 Å². The second-order valence-electron chi connectivity index (χ2n) is 2.51. The number of alkyl halides is 5. The third-order valence-electron chi connectivity index (χ3n) is 1.14. The predicted octanol–water partition coefficient (Wildman–Crippen LogP) is 2.80. The van der Waals surface area contributed by atoms with Crippen LogP contribution in [-0.2, 0) is 14.3 Å². The molecule has 94 valence electrons. The Morgan fingerprint density at radius 2 is 1.75 bits per heavy atom. The van der Waals surface area contributed by atoms with Crippen molar-refractivity contribution in [3.63, 3.8) is 0 Å². The second-order valence-corrected chi connectivity index (χ2v) is 2.97. The van der Waals surface area contributed by atoms with Crippen LogP contribution in [0.3, 0.4) is 0 Å². The van der Waals surface area contributed by atoms with Crippen LogP contribution in [0, 0.1) is 0 Å². The molecule has 3 nitrogen and oxygen atoms in total. The summed E-state index contributed by atoms with van der Waals surface area (Å²) in [6.07, 6.45) is -13.4. The molecule has 0 aliphatic rings. The van der Waals surface area contributed by atoms with E-state index in [4.69, 9.17) is 11.6 Å². The van der Waals surface area contributed by atoms with Crippen molar-refractivity contribution < 1.29 is 36.2 Å². The lowest BCUT2D eigenvalue weighted by Gasteiger charge is -2.23. The van der Waals surface area contributed by atoms with Crippen LogP contribution >= 0.6 is 11.6 Å². The summed E-state index contributed by atoms with van der Waals surface area (Å²) in [5.41, 5.74) is 0. The molecule has 0 aromatic carbocycles. The van der Waals surface area contributed by atoms with Crippen molar-refractivity contribution in [1.29, 1.82) is 0 Å². The van der Waals surface area contributed by atoms with Crippen molar-refractivity contribution in [1.82, 2.24) is 0 Å². The van der Waals surface area contributed by atoms with Crippen molar-refractivity contribution in [2.75, 3.05) is 0 Å². The van der Waals surface area contributed by atoms with Crippen LogP contribution < -0.4 is 0 Å². The first kappa shape index (κ1) is 15.1. The van der Waals surface area contributed by atoms with Gasteiger partial charge in [-0.1, -0.05) is 18.2 Å². The van der Waals surface area contributed by atoms with Gasteiger partial charge >= 0.3 is 18.3 Å². The maximum absolute atomic E-state index is 12.2. The van der Waals surface area contributed by atoms with Crippen LogP contribution in [0.5, 0.6) is 0 Å². The zero-order valence-corrected chi connectivity index (χ0v) is 8.53. The van der Waals surface area contributed by atoms with Gasteiger partial charge in [0.2, 0.25) is 6.29 Å². The van der Waals surface area contributed by atoms with Crippen molar-refractivity contribution in [2.24, 2.45) is 0 Å². The molecule has 9 heteroatoms. The molecule has 0 aliphatic heterocycles. The predicted molar refractivity (Wildman–Crippen MR) is 42.6 cm³/mol. The SMILES string of the molecule is C=C(Cl)C(=O)OC(C)OC(F)(F)C(F)(F)F. The summed E-state index contributed by atoms with van der Waals surface area (Å²) in [7, 11) is 0. The number of hydrogen-bond donors (Lipinski definition) is 0. The lowest BCUT2D eigenvalue weighted by molar-refractivity contribution is -0.417. The summed E-state index contributed by atoms with van der Waals surface area (Å²) in [4.78, 5) is 10.6. The monoisotopic (exact) mass is 268 g/mol. The molecule has 0 radical (unpaired) electrons. The Labute approximate surface area is 91.8 Å². The van der Waals surface area contributed by atoms with Crippen molar-refractivity contribution in [2.45, 2.75) is 25.5 Å². The van der Waals surface area contributed by atoms with E-state index in [0.29, 0.717) is 6.92 Å². The Hall–Kier alpha value is -0.890. The summed E-state index contributed by atoms with van der Waals surface area (Å²) in [5.74, 6) is -1.35. The minimum atomic E-state index is -5.90. The second kappa shape index (κ2) is 4.96. The molecule has 0 saturated heterocycles. The molecule has 0 spiro atoms. The lowest BCUT2D eigenvalue weighted by Crippen LogP contribution is -2.42. The van der Waals surface area contributed by atoms with Gasteiger partial charge in [0.15, 0.2) is 0 Å². The number of esters is 1. The van der Waals surface area contributed by atoms with Crippen molar-refractivity contribution in [3.05, 3.63) is 11.6 Å². The smallest absolute Gasteiger partial charge is 0.432 e. The van der Waals surface area contributed by atoms with Crippen LogP contribution in [0.1, 0.15) is 6.92 Å². The zero-order valence-electron chi connectivity index (χ0n) is 7.78. The molecule has 0 N–H and O–H groups in total. The first-order chi connectivity index (χ1) is 6.97. The summed E-state index contributed by atoms with van der Waals surface area (Å²) in [6.45, 7) is 3.56. The van der Waals surface area contributed by atoms with E-state index >= 15 is 0 Å². The van der Waals surface area contributed by atoms with E-state index in [0.717, 1.165) is 0 Å². The standard InChI is InChI=1S/C7H6ClF5O3/c1-3(8)5(14)15-4(2)16-7(12,13)6(9,10)11/h4H,1H2,2H3. The molecular formula is C7H6ClF5O3. The van der Waals surface area contributed by atoms with Gasteiger partial charge in [0.05, 0.1) is 0 Å². The Morgan fingerprint density at radius 3 is 2.06 bits per heavy atom. The summed E-state index contributed by atoms with van der Waals surface area (Å²) in [5, 5.41) is -0.675. The number of rotatable bonds is 4. The molecule has 0 aromatic rings. The normalized spacial score (nSPS) is 14.4. The summed E-state index contributed by atoms with van der Waals surface area (Å²) < 4.78 is 66.6. The number of ether oxygens (including phenoxy) is 2. The van der Waals surface area contributed by atoms with E-state index in [-0.39, 0.29) is 0 Å². The van der Waals surface area contributed by atoms with Gasteiger partial charge < -0.3 is 4.74 Å². The quantitative estimate of drug-likeness (QED) is 0.340. The fraction of sp³-hybridized carbons (Fsp3) is 0.571. The third-order valence-corrected chi connectivity index (χ3v) is 1.29. The molecule has 0 bridgehead atoms. The van der Waals surface area contributed by atoms with Crippen molar-refractivity contribution >= 4 is 17.6 Å². The van der Waals surface area contributed by atoms with Crippen molar-refractivity contribution in [3.8, 4) is 0 Å². The third kappa shape index (κ3) is 4.31. The molecule has 0 fully saturated rings. The Balaban J connectivity index is 4.41. The highest BCUT2D eigenvalue weighted by molar-refractivity contribution is 6.40. The molecule has 0 rings (SSSR count). The van der Waals surface area contributed by atoms with E-state index in [9.17, 15) is 26.7 Å². The van der Waals surface area contributed by atoms with Gasteiger partial charge in [-0.25, -0.2) is 4.79 Å². The number of carbonyl (C=O) groups excluding carboxylic acids is 1. The molecule has 1 atom stereocenters.